The fraction of sp³-hybridized carbons (Fsp3) is 0. The SMILES string of the molecule is c1ccc(N(c2ccccc2)c2ccc(-c3ccc(N(c4ccccc4)c4cc5ccccc5cc4N(c4ccccc4)c4ccc(-c5ccc(N(c6ccccc6)c6ccccc6)cc5)cc4)cc3)cc2)cc1. The van der Waals surface area contributed by atoms with E-state index >= 15 is 0 Å². The van der Waals surface area contributed by atoms with Crippen LogP contribution in [0.4, 0.5) is 68.2 Å². The molecule has 0 bridgehead atoms. The highest BCUT2D eigenvalue weighted by molar-refractivity contribution is 6.00. The highest BCUT2D eigenvalue weighted by Crippen LogP contribution is 2.48. The summed E-state index contributed by atoms with van der Waals surface area (Å²) in [6, 6.07) is 113. The van der Waals surface area contributed by atoms with Crippen molar-refractivity contribution in [1.29, 1.82) is 0 Å². The van der Waals surface area contributed by atoms with Crippen LogP contribution < -0.4 is 19.6 Å². The molecule has 0 saturated heterocycles. The molecular formula is C70H52N4. The molecule has 0 radical (unpaired) electrons. The maximum Gasteiger partial charge on any atom is 0.0708 e. The molecule has 0 aliphatic rings. The van der Waals surface area contributed by atoms with Crippen LogP contribution in [0, 0.1) is 0 Å². The Kier molecular flexibility index (Phi) is 12.7. The first-order chi connectivity index (χ1) is 36.7. The summed E-state index contributed by atoms with van der Waals surface area (Å²) in [6.07, 6.45) is 0. The van der Waals surface area contributed by atoms with E-state index in [9.17, 15) is 0 Å². The Morgan fingerprint density at radius 1 is 0.149 bits per heavy atom. The second kappa shape index (κ2) is 20.8. The molecule has 0 amide bonds. The molecule has 0 heterocycles. The van der Waals surface area contributed by atoms with Crippen molar-refractivity contribution in [3.8, 4) is 22.3 Å². The van der Waals surface area contributed by atoms with E-state index in [1.165, 1.54) is 0 Å². The Hall–Kier alpha value is -9.90. The van der Waals surface area contributed by atoms with Gasteiger partial charge in [0.05, 0.1) is 11.4 Å². The van der Waals surface area contributed by atoms with Crippen molar-refractivity contribution in [2.75, 3.05) is 19.6 Å². The van der Waals surface area contributed by atoms with Gasteiger partial charge >= 0.3 is 0 Å². The number of nitrogens with zero attached hydrogens (tertiary/aromatic N) is 4. The van der Waals surface area contributed by atoms with Gasteiger partial charge in [0, 0.05) is 56.9 Å². The van der Waals surface area contributed by atoms with Crippen molar-refractivity contribution >= 4 is 79.0 Å². The minimum absolute atomic E-state index is 1.05. The Bertz CT molecular complexity index is 3390. The minimum Gasteiger partial charge on any atom is -0.311 e. The summed E-state index contributed by atoms with van der Waals surface area (Å²) in [4.78, 5) is 9.38. The maximum absolute atomic E-state index is 2.40. The summed E-state index contributed by atoms with van der Waals surface area (Å²) in [7, 11) is 0. The normalized spacial score (nSPS) is 11.0. The van der Waals surface area contributed by atoms with Crippen molar-refractivity contribution in [2.45, 2.75) is 0 Å². The maximum atomic E-state index is 2.40. The molecule has 12 aromatic carbocycles. The monoisotopic (exact) mass is 948 g/mol. The van der Waals surface area contributed by atoms with Crippen molar-refractivity contribution < 1.29 is 0 Å². The molecule has 4 nitrogen and oxygen atoms in total. The van der Waals surface area contributed by atoms with E-state index in [0.29, 0.717) is 0 Å². The quantitative estimate of drug-likeness (QED) is 0.108. The lowest BCUT2D eigenvalue weighted by Crippen LogP contribution is -2.17. The first-order valence-electron chi connectivity index (χ1n) is 25.2. The zero-order valence-corrected chi connectivity index (χ0v) is 40.8. The number of fused-ring (bicyclic) bond motifs is 1. The lowest BCUT2D eigenvalue weighted by molar-refractivity contribution is 1.23. The van der Waals surface area contributed by atoms with Gasteiger partial charge < -0.3 is 19.6 Å². The van der Waals surface area contributed by atoms with Crippen molar-refractivity contribution in [2.24, 2.45) is 0 Å². The van der Waals surface area contributed by atoms with Crippen molar-refractivity contribution in [3.05, 3.63) is 315 Å². The largest absolute Gasteiger partial charge is 0.311 e. The molecule has 0 unspecified atom stereocenters. The van der Waals surface area contributed by atoms with Gasteiger partial charge in [-0.05, 0) is 166 Å². The Balaban J connectivity index is 0.912. The van der Waals surface area contributed by atoms with Crippen LogP contribution in [-0.2, 0) is 0 Å². The first kappa shape index (κ1) is 45.3. The summed E-state index contributed by atoms with van der Waals surface area (Å²) in [5.74, 6) is 0. The lowest BCUT2D eigenvalue weighted by atomic mass is 10.0. The van der Waals surface area contributed by atoms with Crippen LogP contribution >= 0.6 is 0 Å². The van der Waals surface area contributed by atoms with E-state index in [1.54, 1.807) is 0 Å². The second-order valence-electron chi connectivity index (χ2n) is 18.2. The molecule has 12 aromatic rings. The average Bonchev–Trinajstić information content (AvgIpc) is 3.48. The molecule has 0 spiro atoms. The van der Waals surface area contributed by atoms with Gasteiger partial charge in [0.15, 0.2) is 0 Å². The van der Waals surface area contributed by atoms with Crippen LogP contribution in [0.25, 0.3) is 33.0 Å². The van der Waals surface area contributed by atoms with Gasteiger partial charge in [-0.1, -0.05) is 182 Å². The predicted octanol–water partition coefficient (Wildman–Crippen LogP) is 20.1. The summed E-state index contributed by atoms with van der Waals surface area (Å²) in [5.41, 5.74) is 17.6. The van der Waals surface area contributed by atoms with E-state index in [1.807, 2.05) is 0 Å². The van der Waals surface area contributed by atoms with Crippen molar-refractivity contribution in [1.82, 2.24) is 0 Å². The van der Waals surface area contributed by atoms with Crippen molar-refractivity contribution in [3.63, 3.8) is 0 Å². The topological polar surface area (TPSA) is 13.0 Å². The number of rotatable bonds is 14. The third-order valence-corrected chi connectivity index (χ3v) is 13.6. The van der Waals surface area contributed by atoms with Gasteiger partial charge in [-0.3, -0.25) is 0 Å². The Morgan fingerprint density at radius 3 is 0.554 bits per heavy atom. The number of hydrogen-bond donors (Lipinski definition) is 0. The average molecular weight is 949 g/mol. The Labute approximate surface area is 434 Å². The van der Waals surface area contributed by atoms with Crippen LogP contribution in [0.1, 0.15) is 0 Å². The summed E-state index contributed by atoms with van der Waals surface area (Å²) in [6.45, 7) is 0. The molecule has 0 aliphatic heterocycles. The standard InChI is InChI=1S/C70H52N4/c1-7-23-59(24-8-1)71(60-25-9-2-10-26-60)65-43-35-53(36-44-65)55-39-47-67(48-40-55)73(63-31-15-5-16-32-63)69-51-57-21-19-20-22-58(57)52-70(69)74(64-33-17-6-18-34-64)68-49-41-56(42-50-68)54-37-45-66(46-38-54)72(61-27-11-3-12-28-61)62-29-13-4-14-30-62/h1-52H. The third-order valence-electron chi connectivity index (χ3n) is 13.6. The Morgan fingerprint density at radius 2 is 0.324 bits per heavy atom. The van der Waals surface area contributed by atoms with Gasteiger partial charge in [0.25, 0.3) is 0 Å². The fourth-order valence-corrected chi connectivity index (χ4v) is 10.00. The zero-order valence-electron chi connectivity index (χ0n) is 40.8. The van der Waals surface area contributed by atoms with Gasteiger partial charge in [-0.25, -0.2) is 0 Å². The zero-order chi connectivity index (χ0) is 49.5. The summed E-state index contributed by atoms with van der Waals surface area (Å²) < 4.78 is 0. The van der Waals surface area contributed by atoms with Gasteiger partial charge in [0.1, 0.15) is 0 Å². The van der Waals surface area contributed by atoms with E-state index in [0.717, 1.165) is 101 Å². The summed E-state index contributed by atoms with van der Waals surface area (Å²) >= 11 is 0. The molecule has 4 heteroatoms. The van der Waals surface area contributed by atoms with E-state index in [2.05, 4.69) is 335 Å². The smallest absolute Gasteiger partial charge is 0.0708 e. The van der Waals surface area contributed by atoms with Gasteiger partial charge in [-0.2, -0.15) is 0 Å². The molecule has 74 heavy (non-hydrogen) atoms. The van der Waals surface area contributed by atoms with Gasteiger partial charge in [-0.15, -0.1) is 0 Å². The van der Waals surface area contributed by atoms with Crippen LogP contribution in [0.5, 0.6) is 0 Å². The fourth-order valence-electron chi connectivity index (χ4n) is 10.00. The molecule has 0 saturated carbocycles. The third kappa shape index (κ3) is 9.39. The number of hydrogen-bond acceptors (Lipinski definition) is 4. The molecular weight excluding hydrogens is 897 g/mol. The first-order valence-corrected chi connectivity index (χ1v) is 25.2. The number of para-hydroxylation sites is 6. The van der Waals surface area contributed by atoms with Crippen LogP contribution in [0.15, 0.2) is 315 Å². The molecule has 0 aromatic heterocycles. The molecule has 0 atom stereocenters. The highest BCUT2D eigenvalue weighted by atomic mass is 15.2. The molecule has 0 fully saturated rings. The van der Waals surface area contributed by atoms with Crippen LogP contribution in [0.2, 0.25) is 0 Å². The second-order valence-corrected chi connectivity index (χ2v) is 18.2. The molecule has 12 rings (SSSR count). The lowest BCUT2D eigenvalue weighted by Gasteiger charge is -2.33. The van der Waals surface area contributed by atoms with Crippen LogP contribution in [-0.4, -0.2) is 0 Å². The molecule has 352 valence electrons. The minimum atomic E-state index is 1.05. The van der Waals surface area contributed by atoms with E-state index in [-0.39, 0.29) is 0 Å². The van der Waals surface area contributed by atoms with E-state index < -0.39 is 0 Å². The molecule has 0 N–H and O–H groups in total. The van der Waals surface area contributed by atoms with Crippen LogP contribution in [0.3, 0.4) is 0 Å². The molecule has 0 aliphatic carbocycles. The van der Waals surface area contributed by atoms with Gasteiger partial charge in [0.2, 0.25) is 0 Å². The predicted molar refractivity (Wildman–Crippen MR) is 314 cm³/mol. The number of benzene rings is 12. The summed E-state index contributed by atoms with van der Waals surface area (Å²) in [5, 5.41) is 2.32. The number of anilines is 12. The van der Waals surface area contributed by atoms with E-state index in [4.69, 9.17) is 0 Å². The highest BCUT2D eigenvalue weighted by Gasteiger charge is 2.24.